The Balaban J connectivity index is 1.72. The summed E-state index contributed by atoms with van der Waals surface area (Å²) in [5, 5.41) is 0.233. The SMILES string of the molecule is O=S1(=O)CC[C@@H](SCc2cccc3nsnc23)C1. The second kappa shape index (κ2) is 4.79. The van der Waals surface area contributed by atoms with Gasteiger partial charge in [0.05, 0.1) is 23.2 Å². The van der Waals surface area contributed by atoms with Crippen molar-refractivity contribution < 1.29 is 8.42 Å². The van der Waals surface area contributed by atoms with E-state index in [-0.39, 0.29) is 5.25 Å². The average Bonchev–Trinajstić information content (AvgIpc) is 2.92. The molecule has 0 bridgehead atoms. The monoisotopic (exact) mass is 300 g/mol. The standard InChI is InChI=1S/C11H12N2O2S3/c14-18(15)5-4-9(7-18)16-6-8-2-1-3-10-11(8)13-17-12-10/h1-3,9H,4-7H2/t9-/m1/s1. The number of hydrogen-bond donors (Lipinski definition) is 0. The Hall–Kier alpha value is -0.660. The van der Waals surface area contributed by atoms with Crippen LogP contribution in [0.5, 0.6) is 0 Å². The molecule has 1 aromatic heterocycles. The lowest BCUT2D eigenvalue weighted by molar-refractivity contribution is 0.602. The summed E-state index contributed by atoms with van der Waals surface area (Å²) in [5.41, 5.74) is 3.03. The van der Waals surface area contributed by atoms with Gasteiger partial charge in [-0.2, -0.15) is 20.5 Å². The van der Waals surface area contributed by atoms with Gasteiger partial charge in [-0.3, -0.25) is 0 Å². The minimum Gasteiger partial charge on any atom is -0.229 e. The topological polar surface area (TPSA) is 59.9 Å². The van der Waals surface area contributed by atoms with Crippen LogP contribution in [0.1, 0.15) is 12.0 Å². The molecule has 4 nitrogen and oxygen atoms in total. The highest BCUT2D eigenvalue weighted by molar-refractivity contribution is 8.01. The molecule has 3 rings (SSSR count). The third-order valence-electron chi connectivity index (χ3n) is 3.03. The Morgan fingerprint density at radius 1 is 1.39 bits per heavy atom. The average molecular weight is 300 g/mol. The van der Waals surface area contributed by atoms with Crippen LogP contribution < -0.4 is 0 Å². The largest absolute Gasteiger partial charge is 0.229 e. The molecule has 2 aromatic rings. The van der Waals surface area contributed by atoms with Crippen LogP contribution in [-0.2, 0) is 15.6 Å². The predicted octanol–water partition coefficient (Wildman–Crippen LogP) is 2.11. The van der Waals surface area contributed by atoms with Crippen LogP contribution in [0.2, 0.25) is 0 Å². The molecule has 96 valence electrons. The van der Waals surface area contributed by atoms with Crippen molar-refractivity contribution in [2.45, 2.75) is 17.4 Å². The smallest absolute Gasteiger partial charge is 0.151 e. The number of nitrogens with zero attached hydrogens (tertiary/aromatic N) is 2. The number of benzene rings is 1. The van der Waals surface area contributed by atoms with Gasteiger partial charge >= 0.3 is 0 Å². The van der Waals surface area contributed by atoms with Gasteiger partial charge in [0, 0.05) is 11.0 Å². The number of fused-ring (bicyclic) bond motifs is 1. The molecule has 7 heteroatoms. The van der Waals surface area contributed by atoms with E-state index in [1.54, 1.807) is 11.8 Å². The lowest BCUT2D eigenvalue weighted by Gasteiger charge is -2.07. The van der Waals surface area contributed by atoms with Gasteiger partial charge in [-0.05, 0) is 18.1 Å². The minimum atomic E-state index is -2.78. The number of rotatable bonds is 3. The number of thioether (sulfide) groups is 1. The highest BCUT2D eigenvalue weighted by Crippen LogP contribution is 2.29. The highest BCUT2D eigenvalue weighted by Gasteiger charge is 2.28. The number of sulfone groups is 1. The Labute approximate surface area is 114 Å². The molecule has 1 aliphatic rings. The van der Waals surface area contributed by atoms with E-state index in [2.05, 4.69) is 8.75 Å². The maximum atomic E-state index is 11.4. The van der Waals surface area contributed by atoms with Crippen LogP contribution in [0.3, 0.4) is 0 Å². The third-order valence-corrected chi connectivity index (χ3v) is 6.91. The van der Waals surface area contributed by atoms with E-state index in [0.29, 0.717) is 11.5 Å². The van der Waals surface area contributed by atoms with Crippen LogP contribution >= 0.6 is 23.5 Å². The van der Waals surface area contributed by atoms with Crippen LogP contribution in [-0.4, -0.2) is 33.9 Å². The molecule has 0 spiro atoms. The first-order chi connectivity index (χ1) is 8.64. The van der Waals surface area contributed by atoms with Crippen molar-refractivity contribution in [3.8, 4) is 0 Å². The fourth-order valence-electron chi connectivity index (χ4n) is 2.08. The van der Waals surface area contributed by atoms with Crippen LogP contribution in [0.15, 0.2) is 18.2 Å². The molecule has 2 heterocycles. The molecule has 1 aromatic carbocycles. The van der Waals surface area contributed by atoms with Gasteiger partial charge in [0.25, 0.3) is 0 Å². The summed E-state index contributed by atoms with van der Waals surface area (Å²) in [5.74, 6) is 1.47. The second-order valence-corrected chi connectivity index (χ2v) is 8.43. The summed E-state index contributed by atoms with van der Waals surface area (Å²) in [6.07, 6.45) is 0.776. The molecule has 1 fully saturated rings. The number of aromatic nitrogens is 2. The fraction of sp³-hybridized carbons (Fsp3) is 0.455. The summed E-state index contributed by atoms with van der Waals surface area (Å²) in [6, 6.07) is 5.97. The van der Waals surface area contributed by atoms with Gasteiger partial charge in [0.2, 0.25) is 0 Å². The first-order valence-corrected chi connectivity index (χ1v) is 9.26. The molecule has 1 atom stereocenters. The third kappa shape index (κ3) is 2.53. The van der Waals surface area contributed by atoms with E-state index in [4.69, 9.17) is 0 Å². The molecule has 0 N–H and O–H groups in total. The Bertz CT molecular complexity index is 666. The molecular weight excluding hydrogens is 288 g/mol. The van der Waals surface area contributed by atoms with Crippen molar-refractivity contribution in [2.75, 3.05) is 11.5 Å². The first-order valence-electron chi connectivity index (χ1n) is 5.66. The van der Waals surface area contributed by atoms with E-state index in [0.717, 1.165) is 28.8 Å². The molecule has 1 saturated heterocycles. The van der Waals surface area contributed by atoms with Crippen molar-refractivity contribution in [1.29, 1.82) is 0 Å². The van der Waals surface area contributed by atoms with Gasteiger partial charge in [0.1, 0.15) is 11.0 Å². The van der Waals surface area contributed by atoms with E-state index < -0.39 is 9.84 Å². The van der Waals surface area contributed by atoms with Crippen LogP contribution in [0, 0.1) is 0 Å². The van der Waals surface area contributed by atoms with Gasteiger partial charge in [-0.1, -0.05) is 12.1 Å². The van der Waals surface area contributed by atoms with Crippen LogP contribution in [0.4, 0.5) is 0 Å². The molecule has 0 aliphatic carbocycles. The minimum absolute atomic E-state index is 0.233. The van der Waals surface area contributed by atoms with E-state index >= 15 is 0 Å². The van der Waals surface area contributed by atoms with Crippen molar-refractivity contribution in [3.63, 3.8) is 0 Å². The van der Waals surface area contributed by atoms with Crippen molar-refractivity contribution in [2.24, 2.45) is 0 Å². The Kier molecular flexibility index (Phi) is 3.29. The second-order valence-electron chi connectivity index (χ2n) is 4.39. The number of hydrogen-bond acceptors (Lipinski definition) is 6. The van der Waals surface area contributed by atoms with Gasteiger partial charge in [-0.15, -0.1) is 0 Å². The van der Waals surface area contributed by atoms with Gasteiger partial charge in [0.15, 0.2) is 9.84 Å². The molecule has 0 saturated carbocycles. The lowest BCUT2D eigenvalue weighted by Crippen LogP contribution is -2.06. The van der Waals surface area contributed by atoms with E-state index in [1.165, 1.54) is 11.7 Å². The zero-order chi connectivity index (χ0) is 12.6. The highest BCUT2D eigenvalue weighted by atomic mass is 32.2. The molecule has 0 radical (unpaired) electrons. The van der Waals surface area contributed by atoms with E-state index in [9.17, 15) is 8.42 Å². The molecular formula is C11H12N2O2S3. The van der Waals surface area contributed by atoms with Gasteiger partial charge < -0.3 is 0 Å². The van der Waals surface area contributed by atoms with E-state index in [1.807, 2.05) is 18.2 Å². The lowest BCUT2D eigenvalue weighted by atomic mass is 10.2. The van der Waals surface area contributed by atoms with Crippen molar-refractivity contribution in [3.05, 3.63) is 23.8 Å². The van der Waals surface area contributed by atoms with Crippen molar-refractivity contribution in [1.82, 2.24) is 8.75 Å². The summed E-state index contributed by atoms with van der Waals surface area (Å²) in [4.78, 5) is 0. The normalized spacial score (nSPS) is 22.6. The quantitative estimate of drug-likeness (QED) is 0.869. The molecule has 18 heavy (non-hydrogen) atoms. The maximum absolute atomic E-state index is 11.4. The molecule has 0 unspecified atom stereocenters. The zero-order valence-corrected chi connectivity index (χ0v) is 12.0. The Morgan fingerprint density at radius 2 is 2.28 bits per heavy atom. The first kappa shape index (κ1) is 12.4. The molecule has 0 amide bonds. The summed E-state index contributed by atoms with van der Waals surface area (Å²) in [7, 11) is -2.78. The van der Waals surface area contributed by atoms with Crippen LogP contribution in [0.25, 0.3) is 11.0 Å². The Morgan fingerprint density at radius 3 is 3.06 bits per heavy atom. The van der Waals surface area contributed by atoms with Crippen molar-refractivity contribution >= 4 is 44.4 Å². The van der Waals surface area contributed by atoms with Gasteiger partial charge in [-0.25, -0.2) is 8.42 Å². The fourth-order valence-corrected chi connectivity index (χ4v) is 6.28. The maximum Gasteiger partial charge on any atom is 0.151 e. The molecule has 1 aliphatic heterocycles. The summed E-state index contributed by atoms with van der Waals surface area (Å²) >= 11 is 2.94. The predicted molar refractivity (Wildman–Crippen MR) is 75.8 cm³/mol. The zero-order valence-electron chi connectivity index (χ0n) is 9.57. The summed E-state index contributed by atoms with van der Waals surface area (Å²) < 4.78 is 31.3. The summed E-state index contributed by atoms with van der Waals surface area (Å²) in [6.45, 7) is 0.